The number of nitrogens with zero attached hydrogens (tertiary/aromatic N) is 1. The minimum Gasteiger partial charge on any atom is -0.487 e. The molecule has 2 heterocycles. The average molecular weight is 566 g/mol. The number of rotatable bonds is 15. The van der Waals surface area contributed by atoms with Crippen LogP contribution in [-0.4, -0.2) is 34.9 Å². The first-order valence-corrected chi connectivity index (χ1v) is 15.8. The van der Waals surface area contributed by atoms with Gasteiger partial charge in [0.1, 0.15) is 23.8 Å². The number of hydrogen-bond donors (Lipinski definition) is 1. The van der Waals surface area contributed by atoms with Gasteiger partial charge < -0.3 is 14.6 Å². The molecule has 2 aliphatic heterocycles. The van der Waals surface area contributed by atoms with Crippen molar-refractivity contribution in [2.45, 2.75) is 138 Å². The molecule has 2 aliphatic rings. The standard InChI is InChI=1S/C36H55NO4/c1-26(2)14-11-15-27(3)16-12-17-28(4)18-13-21-36(7)22-20-31-32-24-37(23-10-8-9-19-33(38)39)25-40-34(32)29(5)30(6)35(31)41-36/h14,16,18H,8-13,15,17,19-25H2,1-7H3,(H,38,39)/b27-16+,28-18+/t36-/m1/s1. The maximum Gasteiger partial charge on any atom is 0.303 e. The second-order valence-corrected chi connectivity index (χ2v) is 12.9. The van der Waals surface area contributed by atoms with E-state index in [4.69, 9.17) is 14.6 Å². The van der Waals surface area contributed by atoms with Crippen LogP contribution in [0, 0.1) is 13.8 Å². The number of aliphatic carboxylic acids is 1. The van der Waals surface area contributed by atoms with Crippen molar-refractivity contribution in [1.82, 2.24) is 4.90 Å². The molecular weight excluding hydrogens is 510 g/mol. The fourth-order valence-corrected chi connectivity index (χ4v) is 6.02. The highest BCUT2D eigenvalue weighted by Crippen LogP contribution is 2.46. The average Bonchev–Trinajstić information content (AvgIpc) is 2.91. The molecule has 0 saturated carbocycles. The van der Waals surface area contributed by atoms with E-state index in [1.807, 2.05) is 0 Å². The Labute approximate surface area is 249 Å². The van der Waals surface area contributed by atoms with Crippen LogP contribution in [0.1, 0.15) is 128 Å². The van der Waals surface area contributed by atoms with Gasteiger partial charge in [-0.3, -0.25) is 9.69 Å². The summed E-state index contributed by atoms with van der Waals surface area (Å²) < 4.78 is 13.1. The molecule has 0 spiro atoms. The van der Waals surface area contributed by atoms with Gasteiger partial charge >= 0.3 is 5.97 Å². The Morgan fingerprint density at radius 3 is 2.22 bits per heavy atom. The van der Waals surface area contributed by atoms with E-state index in [-0.39, 0.29) is 12.0 Å². The highest BCUT2D eigenvalue weighted by atomic mass is 16.5. The van der Waals surface area contributed by atoms with E-state index in [9.17, 15) is 4.79 Å². The van der Waals surface area contributed by atoms with E-state index in [2.05, 4.69) is 71.6 Å². The summed E-state index contributed by atoms with van der Waals surface area (Å²) in [6.45, 7) is 17.9. The molecule has 41 heavy (non-hydrogen) atoms. The van der Waals surface area contributed by atoms with E-state index in [0.717, 1.165) is 95.2 Å². The van der Waals surface area contributed by atoms with Gasteiger partial charge in [0, 0.05) is 30.6 Å². The lowest BCUT2D eigenvalue weighted by atomic mass is 9.84. The number of allylic oxidation sites excluding steroid dienone is 6. The summed E-state index contributed by atoms with van der Waals surface area (Å²) in [6.07, 6.45) is 18.7. The van der Waals surface area contributed by atoms with Gasteiger partial charge in [0.2, 0.25) is 0 Å². The van der Waals surface area contributed by atoms with Crippen molar-refractivity contribution >= 4 is 5.97 Å². The van der Waals surface area contributed by atoms with Gasteiger partial charge in [-0.2, -0.15) is 0 Å². The SMILES string of the molecule is CC(C)=CCC/C(C)=C/CC/C(C)=C/CC[C@]1(C)CCc2c3c(c(C)c(C)c2O1)OCN(CCCCCC(=O)O)C3. The number of benzene rings is 1. The van der Waals surface area contributed by atoms with Gasteiger partial charge in [-0.25, -0.2) is 0 Å². The molecule has 0 saturated heterocycles. The van der Waals surface area contributed by atoms with Crippen molar-refractivity contribution in [3.63, 3.8) is 0 Å². The normalized spacial score (nSPS) is 19.2. The Morgan fingerprint density at radius 1 is 0.878 bits per heavy atom. The molecule has 1 aromatic carbocycles. The second-order valence-electron chi connectivity index (χ2n) is 12.9. The molecule has 1 aromatic rings. The predicted octanol–water partition coefficient (Wildman–Crippen LogP) is 9.38. The Bertz CT molecular complexity index is 1140. The third-order valence-corrected chi connectivity index (χ3v) is 8.84. The third kappa shape index (κ3) is 10.1. The summed E-state index contributed by atoms with van der Waals surface area (Å²) in [7, 11) is 0. The van der Waals surface area contributed by atoms with Gasteiger partial charge in [-0.05, 0) is 124 Å². The molecular formula is C36H55NO4. The number of hydrogen-bond acceptors (Lipinski definition) is 4. The number of carboxylic acid groups (broad SMARTS) is 1. The Hall–Kier alpha value is -2.53. The molecule has 1 N–H and O–H groups in total. The molecule has 5 nitrogen and oxygen atoms in total. The van der Waals surface area contributed by atoms with Crippen molar-refractivity contribution in [2.24, 2.45) is 0 Å². The number of carbonyl (C=O) groups is 1. The minimum atomic E-state index is -0.708. The van der Waals surface area contributed by atoms with Gasteiger partial charge in [-0.15, -0.1) is 0 Å². The summed E-state index contributed by atoms with van der Waals surface area (Å²) in [6, 6.07) is 0. The lowest BCUT2D eigenvalue weighted by molar-refractivity contribution is -0.137. The summed E-state index contributed by atoms with van der Waals surface area (Å²) in [4.78, 5) is 13.1. The Morgan fingerprint density at radius 2 is 1.54 bits per heavy atom. The Kier molecular flexibility index (Phi) is 12.6. The summed E-state index contributed by atoms with van der Waals surface area (Å²) in [5.41, 5.74) is 9.24. The van der Waals surface area contributed by atoms with Gasteiger partial charge in [0.25, 0.3) is 0 Å². The summed E-state index contributed by atoms with van der Waals surface area (Å²) in [5, 5.41) is 8.87. The zero-order valence-corrected chi connectivity index (χ0v) is 27.0. The third-order valence-electron chi connectivity index (χ3n) is 8.84. The molecule has 3 rings (SSSR count). The highest BCUT2D eigenvalue weighted by Gasteiger charge is 2.36. The molecule has 0 bridgehead atoms. The van der Waals surface area contributed by atoms with Crippen LogP contribution in [0.25, 0.3) is 0 Å². The quantitative estimate of drug-likeness (QED) is 0.170. The molecule has 0 fully saturated rings. The van der Waals surface area contributed by atoms with Crippen LogP contribution in [0.5, 0.6) is 11.5 Å². The molecule has 0 unspecified atom stereocenters. The zero-order valence-electron chi connectivity index (χ0n) is 27.0. The van der Waals surface area contributed by atoms with E-state index in [0.29, 0.717) is 6.73 Å². The predicted molar refractivity (Wildman–Crippen MR) is 170 cm³/mol. The molecule has 1 atom stereocenters. The van der Waals surface area contributed by atoms with Crippen LogP contribution in [0.4, 0.5) is 0 Å². The molecule has 228 valence electrons. The first-order valence-electron chi connectivity index (χ1n) is 15.8. The number of unbranched alkanes of at least 4 members (excludes halogenated alkanes) is 2. The van der Waals surface area contributed by atoms with Crippen LogP contribution in [0.2, 0.25) is 0 Å². The summed E-state index contributed by atoms with van der Waals surface area (Å²) >= 11 is 0. The molecule has 0 aliphatic carbocycles. The van der Waals surface area contributed by atoms with E-state index < -0.39 is 5.97 Å². The van der Waals surface area contributed by atoms with Crippen LogP contribution >= 0.6 is 0 Å². The van der Waals surface area contributed by atoms with Gasteiger partial charge in [-0.1, -0.05) is 41.4 Å². The number of ether oxygens (including phenoxy) is 2. The first kappa shape index (κ1) is 33.0. The first-order chi connectivity index (χ1) is 19.5. The highest BCUT2D eigenvalue weighted by molar-refractivity contribution is 5.66. The molecule has 0 amide bonds. The number of carboxylic acids is 1. The Balaban J connectivity index is 1.55. The lowest BCUT2D eigenvalue weighted by Crippen LogP contribution is -2.39. The molecule has 0 aromatic heterocycles. The molecule has 5 heteroatoms. The van der Waals surface area contributed by atoms with Crippen molar-refractivity contribution < 1.29 is 19.4 Å². The van der Waals surface area contributed by atoms with Crippen LogP contribution in [0.15, 0.2) is 34.9 Å². The maximum atomic E-state index is 10.8. The molecule has 0 radical (unpaired) electrons. The maximum absolute atomic E-state index is 10.8. The summed E-state index contributed by atoms with van der Waals surface area (Å²) in [5.74, 6) is 1.42. The van der Waals surface area contributed by atoms with E-state index in [1.54, 1.807) is 0 Å². The number of fused-ring (bicyclic) bond motifs is 3. The minimum absolute atomic E-state index is 0.157. The van der Waals surface area contributed by atoms with Crippen LogP contribution < -0.4 is 9.47 Å². The van der Waals surface area contributed by atoms with E-state index >= 15 is 0 Å². The van der Waals surface area contributed by atoms with Crippen molar-refractivity contribution in [3.05, 3.63) is 57.2 Å². The van der Waals surface area contributed by atoms with Crippen molar-refractivity contribution in [3.8, 4) is 11.5 Å². The van der Waals surface area contributed by atoms with Crippen LogP contribution in [0.3, 0.4) is 0 Å². The monoisotopic (exact) mass is 565 g/mol. The topological polar surface area (TPSA) is 59.0 Å². The van der Waals surface area contributed by atoms with E-state index in [1.165, 1.54) is 39.0 Å². The fourth-order valence-electron chi connectivity index (χ4n) is 6.02. The lowest BCUT2D eigenvalue weighted by Gasteiger charge is -2.40. The fraction of sp³-hybridized carbons (Fsp3) is 0.639. The van der Waals surface area contributed by atoms with Gasteiger partial charge in [0.05, 0.1) is 0 Å². The smallest absolute Gasteiger partial charge is 0.303 e. The largest absolute Gasteiger partial charge is 0.487 e. The van der Waals surface area contributed by atoms with Crippen molar-refractivity contribution in [2.75, 3.05) is 13.3 Å². The van der Waals surface area contributed by atoms with Gasteiger partial charge in [0.15, 0.2) is 0 Å². The van der Waals surface area contributed by atoms with Crippen LogP contribution in [-0.2, 0) is 17.8 Å². The van der Waals surface area contributed by atoms with Crippen molar-refractivity contribution in [1.29, 1.82) is 0 Å². The second kappa shape index (κ2) is 15.6. The zero-order chi connectivity index (χ0) is 30.0.